The van der Waals surface area contributed by atoms with Crippen molar-refractivity contribution in [3.8, 4) is 5.75 Å². The summed E-state index contributed by atoms with van der Waals surface area (Å²) in [5, 5.41) is 5.81. The second-order valence-corrected chi connectivity index (χ2v) is 4.69. The molecule has 0 unspecified atom stereocenters. The van der Waals surface area contributed by atoms with E-state index in [-0.39, 0.29) is 35.8 Å². The molecule has 1 aliphatic carbocycles. The molecule has 0 aliphatic heterocycles. The van der Waals surface area contributed by atoms with Gasteiger partial charge in [0.25, 0.3) is 0 Å². The minimum absolute atomic E-state index is 0. The van der Waals surface area contributed by atoms with Crippen molar-refractivity contribution in [1.82, 2.24) is 5.32 Å². The standard InChI is InChI=1S/C14H20N4O2.HI/c1-20-12-6-4-11(5-7-12)18-14(15)17-9-8-16-13(19)10-2-3-10;/h4-7,10H,2-3,8-9H2,1H3,(H,16,19)(H3,15,17,18);1H. The maximum Gasteiger partial charge on any atom is 0.223 e. The number of carbonyl (C=O) groups excluding carboxylic acids is 1. The van der Waals surface area contributed by atoms with Crippen LogP contribution in [0.2, 0.25) is 0 Å². The number of halogens is 1. The second-order valence-electron chi connectivity index (χ2n) is 4.69. The summed E-state index contributed by atoms with van der Waals surface area (Å²) >= 11 is 0. The third-order valence-electron chi connectivity index (χ3n) is 3.00. The lowest BCUT2D eigenvalue weighted by Crippen LogP contribution is -2.29. The molecule has 0 spiro atoms. The number of hydrogen-bond donors (Lipinski definition) is 3. The van der Waals surface area contributed by atoms with Crippen LogP contribution in [0.1, 0.15) is 12.8 Å². The zero-order valence-electron chi connectivity index (χ0n) is 12.0. The first-order valence-electron chi connectivity index (χ1n) is 6.68. The van der Waals surface area contributed by atoms with Gasteiger partial charge in [-0.25, -0.2) is 0 Å². The number of aliphatic imine (C=N–C) groups is 1. The number of benzene rings is 1. The Labute approximate surface area is 141 Å². The number of guanidine groups is 1. The Bertz CT molecular complexity index is 486. The summed E-state index contributed by atoms with van der Waals surface area (Å²) in [5.74, 6) is 1.47. The zero-order valence-corrected chi connectivity index (χ0v) is 14.3. The summed E-state index contributed by atoms with van der Waals surface area (Å²) in [7, 11) is 1.62. The van der Waals surface area contributed by atoms with Gasteiger partial charge in [-0.05, 0) is 37.1 Å². The fourth-order valence-corrected chi connectivity index (χ4v) is 1.71. The molecule has 2 rings (SSSR count). The molecule has 21 heavy (non-hydrogen) atoms. The van der Waals surface area contributed by atoms with E-state index in [1.807, 2.05) is 24.3 Å². The van der Waals surface area contributed by atoms with Crippen molar-refractivity contribution < 1.29 is 9.53 Å². The topological polar surface area (TPSA) is 88.7 Å². The van der Waals surface area contributed by atoms with Crippen LogP contribution in [-0.4, -0.2) is 32.1 Å². The first kappa shape index (κ1) is 17.5. The second kappa shape index (κ2) is 8.71. The molecule has 4 N–H and O–H groups in total. The number of carbonyl (C=O) groups is 1. The minimum Gasteiger partial charge on any atom is -0.497 e. The molecular weight excluding hydrogens is 383 g/mol. The highest BCUT2D eigenvalue weighted by molar-refractivity contribution is 14.0. The zero-order chi connectivity index (χ0) is 14.4. The van der Waals surface area contributed by atoms with E-state index in [9.17, 15) is 4.79 Å². The van der Waals surface area contributed by atoms with Crippen molar-refractivity contribution >= 4 is 41.5 Å². The van der Waals surface area contributed by atoms with E-state index < -0.39 is 0 Å². The molecule has 1 aromatic rings. The SMILES string of the molecule is COc1ccc(NC(N)=NCCNC(=O)C2CC2)cc1.I. The average Bonchev–Trinajstić information content (AvgIpc) is 3.29. The van der Waals surface area contributed by atoms with Gasteiger partial charge in [-0.1, -0.05) is 0 Å². The van der Waals surface area contributed by atoms with Gasteiger partial charge in [0.1, 0.15) is 5.75 Å². The number of hydrogen-bond acceptors (Lipinski definition) is 3. The van der Waals surface area contributed by atoms with Crippen LogP contribution in [0.5, 0.6) is 5.75 Å². The van der Waals surface area contributed by atoms with Crippen LogP contribution in [0.15, 0.2) is 29.3 Å². The smallest absolute Gasteiger partial charge is 0.223 e. The third-order valence-corrected chi connectivity index (χ3v) is 3.00. The molecule has 0 aromatic heterocycles. The highest BCUT2D eigenvalue weighted by Gasteiger charge is 2.28. The van der Waals surface area contributed by atoms with Gasteiger partial charge in [0.05, 0.1) is 13.7 Å². The number of methoxy groups -OCH3 is 1. The lowest BCUT2D eigenvalue weighted by molar-refractivity contribution is -0.122. The Hall–Kier alpha value is -1.51. The summed E-state index contributed by atoms with van der Waals surface area (Å²) in [6.45, 7) is 0.980. The van der Waals surface area contributed by atoms with Crippen LogP contribution in [0.25, 0.3) is 0 Å². The van der Waals surface area contributed by atoms with Crippen molar-refractivity contribution in [2.45, 2.75) is 12.8 Å². The summed E-state index contributed by atoms with van der Waals surface area (Å²) in [6, 6.07) is 7.39. The number of nitrogens with one attached hydrogen (secondary N) is 2. The van der Waals surface area contributed by atoms with Gasteiger partial charge < -0.3 is 21.1 Å². The van der Waals surface area contributed by atoms with Crippen molar-refractivity contribution in [1.29, 1.82) is 0 Å². The molecule has 0 radical (unpaired) electrons. The average molecular weight is 404 g/mol. The van der Waals surface area contributed by atoms with Crippen molar-refractivity contribution in [2.24, 2.45) is 16.6 Å². The van der Waals surface area contributed by atoms with Crippen LogP contribution < -0.4 is 21.1 Å². The molecule has 1 fully saturated rings. The molecule has 0 saturated heterocycles. The molecule has 0 atom stereocenters. The molecule has 1 aromatic carbocycles. The van der Waals surface area contributed by atoms with Gasteiger partial charge in [0.2, 0.25) is 5.91 Å². The first-order chi connectivity index (χ1) is 9.69. The lowest BCUT2D eigenvalue weighted by Gasteiger charge is -2.07. The van der Waals surface area contributed by atoms with Gasteiger partial charge in [-0.15, -0.1) is 24.0 Å². The Morgan fingerprint density at radius 2 is 2.05 bits per heavy atom. The van der Waals surface area contributed by atoms with Crippen molar-refractivity contribution in [3.63, 3.8) is 0 Å². The number of ether oxygens (including phenoxy) is 1. The Balaban J connectivity index is 0.00000220. The van der Waals surface area contributed by atoms with E-state index in [2.05, 4.69) is 15.6 Å². The van der Waals surface area contributed by atoms with Gasteiger partial charge >= 0.3 is 0 Å². The van der Waals surface area contributed by atoms with Crippen LogP contribution in [0.4, 0.5) is 5.69 Å². The Morgan fingerprint density at radius 3 is 2.62 bits per heavy atom. The van der Waals surface area contributed by atoms with Gasteiger partial charge in [0, 0.05) is 18.2 Å². The molecule has 0 bridgehead atoms. The number of nitrogens with zero attached hydrogens (tertiary/aromatic N) is 1. The monoisotopic (exact) mass is 404 g/mol. The molecule has 1 saturated carbocycles. The quantitative estimate of drug-likeness (QED) is 0.291. The molecule has 116 valence electrons. The number of nitrogens with two attached hydrogens (primary N) is 1. The fraction of sp³-hybridized carbons (Fsp3) is 0.429. The van der Waals surface area contributed by atoms with E-state index >= 15 is 0 Å². The molecular formula is C14H21IN4O2. The summed E-state index contributed by atoms with van der Waals surface area (Å²) in [6.07, 6.45) is 2.02. The highest BCUT2D eigenvalue weighted by Crippen LogP contribution is 2.28. The van der Waals surface area contributed by atoms with Gasteiger partial charge in [-0.2, -0.15) is 0 Å². The predicted molar refractivity (Wildman–Crippen MR) is 94.3 cm³/mol. The van der Waals surface area contributed by atoms with Crippen LogP contribution in [-0.2, 0) is 4.79 Å². The summed E-state index contributed by atoms with van der Waals surface area (Å²) < 4.78 is 5.07. The fourth-order valence-electron chi connectivity index (χ4n) is 1.71. The van der Waals surface area contributed by atoms with E-state index in [4.69, 9.17) is 10.5 Å². The summed E-state index contributed by atoms with van der Waals surface area (Å²) in [4.78, 5) is 15.5. The largest absolute Gasteiger partial charge is 0.497 e. The Morgan fingerprint density at radius 1 is 1.38 bits per heavy atom. The molecule has 6 nitrogen and oxygen atoms in total. The number of amides is 1. The summed E-state index contributed by atoms with van der Waals surface area (Å²) in [5.41, 5.74) is 6.60. The molecule has 7 heteroatoms. The van der Waals surface area contributed by atoms with E-state index in [0.717, 1.165) is 24.3 Å². The van der Waals surface area contributed by atoms with Crippen molar-refractivity contribution in [2.75, 3.05) is 25.5 Å². The predicted octanol–water partition coefficient (Wildman–Crippen LogP) is 1.57. The first-order valence-corrected chi connectivity index (χ1v) is 6.68. The van der Waals surface area contributed by atoms with Gasteiger partial charge in [-0.3, -0.25) is 9.79 Å². The molecule has 1 amide bonds. The maximum absolute atomic E-state index is 11.4. The van der Waals surface area contributed by atoms with Gasteiger partial charge in [0.15, 0.2) is 5.96 Å². The van der Waals surface area contributed by atoms with Crippen LogP contribution >= 0.6 is 24.0 Å². The third kappa shape index (κ3) is 6.19. The van der Waals surface area contributed by atoms with E-state index in [1.165, 1.54) is 0 Å². The van der Waals surface area contributed by atoms with E-state index in [1.54, 1.807) is 7.11 Å². The van der Waals surface area contributed by atoms with Crippen LogP contribution in [0, 0.1) is 5.92 Å². The van der Waals surface area contributed by atoms with Crippen LogP contribution in [0.3, 0.4) is 0 Å². The minimum atomic E-state index is 0. The Kier molecular flexibility index (Phi) is 7.27. The van der Waals surface area contributed by atoms with Crippen molar-refractivity contribution in [3.05, 3.63) is 24.3 Å². The lowest BCUT2D eigenvalue weighted by atomic mass is 10.3. The normalized spacial score (nSPS) is 14.0. The molecule has 0 heterocycles. The van der Waals surface area contributed by atoms with E-state index in [0.29, 0.717) is 19.0 Å². The highest BCUT2D eigenvalue weighted by atomic mass is 127. The number of rotatable bonds is 6. The molecule has 1 aliphatic rings. The maximum atomic E-state index is 11.4. The number of anilines is 1.